The van der Waals surface area contributed by atoms with E-state index >= 15 is 0 Å². The molecule has 0 saturated heterocycles. The summed E-state index contributed by atoms with van der Waals surface area (Å²) in [4.78, 5) is 5.75. The van der Waals surface area contributed by atoms with Gasteiger partial charge in [-0.25, -0.2) is 0 Å². The predicted octanol–water partition coefficient (Wildman–Crippen LogP) is 3.66. The van der Waals surface area contributed by atoms with Gasteiger partial charge in [0, 0.05) is 23.7 Å². The van der Waals surface area contributed by atoms with Crippen LogP contribution in [-0.4, -0.2) is 25.6 Å². The zero-order valence-electron chi connectivity index (χ0n) is 13.6. The Morgan fingerprint density at radius 3 is 2.79 bits per heavy atom. The van der Waals surface area contributed by atoms with Crippen LogP contribution in [0.2, 0.25) is 0 Å². The number of guanidine groups is 1. The summed E-state index contributed by atoms with van der Waals surface area (Å²) < 4.78 is 0. The zero-order valence-corrected chi connectivity index (χ0v) is 14.4. The zero-order chi connectivity index (χ0) is 16.2. The van der Waals surface area contributed by atoms with Gasteiger partial charge in [0.2, 0.25) is 0 Å². The van der Waals surface area contributed by atoms with Crippen molar-refractivity contribution in [2.45, 2.75) is 17.1 Å². The van der Waals surface area contributed by atoms with Gasteiger partial charge in [-0.1, -0.05) is 48.5 Å². The Morgan fingerprint density at radius 1 is 1.08 bits per heavy atom. The average Bonchev–Trinajstić information content (AvgIpc) is 3.09. The van der Waals surface area contributed by atoms with Crippen LogP contribution in [0, 0.1) is 0 Å². The second-order valence-electron chi connectivity index (χ2n) is 5.93. The third kappa shape index (κ3) is 3.20. The van der Waals surface area contributed by atoms with Crippen LogP contribution >= 0.6 is 11.8 Å². The molecule has 2 N–H and O–H groups in total. The molecular formula is C20H21N3S. The number of benzene rings is 2. The van der Waals surface area contributed by atoms with Crippen LogP contribution in [0.4, 0.5) is 0 Å². The van der Waals surface area contributed by atoms with Gasteiger partial charge in [-0.2, -0.15) is 0 Å². The normalized spacial score (nSPS) is 17.5. The Hall–Kier alpha value is -2.20. The number of thioether (sulfide) groups is 1. The molecule has 4 heteroatoms. The smallest absolute Gasteiger partial charge is 0.191 e. The summed E-state index contributed by atoms with van der Waals surface area (Å²) in [5.74, 6) is 1.97. The van der Waals surface area contributed by atoms with E-state index in [4.69, 9.17) is 0 Å². The van der Waals surface area contributed by atoms with Crippen LogP contribution in [0.15, 0.2) is 64.5 Å². The minimum Gasteiger partial charge on any atom is -0.356 e. The van der Waals surface area contributed by atoms with Crippen molar-refractivity contribution in [2.75, 3.05) is 19.6 Å². The molecular weight excluding hydrogens is 314 g/mol. The van der Waals surface area contributed by atoms with Crippen LogP contribution in [-0.2, 0) is 5.75 Å². The van der Waals surface area contributed by atoms with Gasteiger partial charge in [0.05, 0.1) is 6.54 Å². The number of rotatable bonds is 3. The van der Waals surface area contributed by atoms with Crippen molar-refractivity contribution < 1.29 is 0 Å². The van der Waals surface area contributed by atoms with Gasteiger partial charge in [0.1, 0.15) is 0 Å². The lowest BCUT2D eigenvalue weighted by Gasteiger charge is -2.12. The summed E-state index contributed by atoms with van der Waals surface area (Å²) in [5.41, 5.74) is 5.49. The first-order chi connectivity index (χ1) is 11.9. The molecule has 0 spiro atoms. The summed E-state index contributed by atoms with van der Waals surface area (Å²) >= 11 is 1.93. The molecule has 2 aromatic rings. The molecule has 0 radical (unpaired) electrons. The summed E-state index contributed by atoms with van der Waals surface area (Å²) in [6.07, 6.45) is 3.34. The molecule has 2 aromatic carbocycles. The number of hydrogen-bond donors (Lipinski definition) is 2. The van der Waals surface area contributed by atoms with Gasteiger partial charge in [0.15, 0.2) is 5.96 Å². The molecule has 2 aliphatic rings. The maximum atomic E-state index is 4.38. The summed E-state index contributed by atoms with van der Waals surface area (Å²) in [5, 5.41) is 6.63. The molecule has 4 rings (SSSR count). The van der Waals surface area contributed by atoms with E-state index in [1.165, 1.54) is 27.2 Å². The topological polar surface area (TPSA) is 36.4 Å². The van der Waals surface area contributed by atoms with E-state index in [-0.39, 0.29) is 0 Å². The number of hydrogen-bond acceptors (Lipinski definition) is 4. The van der Waals surface area contributed by atoms with Crippen molar-refractivity contribution in [1.29, 1.82) is 0 Å². The number of aliphatic imine (C=N–C) groups is 1. The molecule has 0 atom stereocenters. The number of fused-ring (bicyclic) bond motifs is 2. The summed E-state index contributed by atoms with van der Waals surface area (Å²) in [6, 6.07) is 17.5. The van der Waals surface area contributed by atoms with Gasteiger partial charge in [0.25, 0.3) is 0 Å². The first-order valence-corrected chi connectivity index (χ1v) is 9.43. The molecule has 24 heavy (non-hydrogen) atoms. The highest BCUT2D eigenvalue weighted by molar-refractivity contribution is 7.98. The highest BCUT2D eigenvalue weighted by Gasteiger charge is 2.17. The van der Waals surface area contributed by atoms with E-state index in [2.05, 4.69) is 70.2 Å². The molecule has 0 aliphatic carbocycles. The quantitative estimate of drug-likeness (QED) is 0.841. The van der Waals surface area contributed by atoms with Gasteiger partial charge in [-0.05, 0) is 34.8 Å². The van der Waals surface area contributed by atoms with Crippen LogP contribution in [0.25, 0.3) is 5.57 Å². The summed E-state index contributed by atoms with van der Waals surface area (Å²) in [7, 11) is 0. The minimum atomic E-state index is 0.876. The predicted molar refractivity (Wildman–Crippen MR) is 102 cm³/mol. The van der Waals surface area contributed by atoms with Crippen molar-refractivity contribution in [3.8, 4) is 0 Å². The fourth-order valence-electron chi connectivity index (χ4n) is 3.17. The number of nitrogens with zero attached hydrogens (tertiary/aromatic N) is 1. The molecule has 122 valence electrons. The van der Waals surface area contributed by atoms with Crippen LogP contribution < -0.4 is 10.6 Å². The Labute approximate surface area is 147 Å². The SMILES string of the molecule is C(/CCNC1=NCCN1)=C1\c2ccccc2CSc2ccccc21. The van der Waals surface area contributed by atoms with Crippen LogP contribution in [0.5, 0.6) is 0 Å². The molecule has 3 nitrogen and oxygen atoms in total. The van der Waals surface area contributed by atoms with Crippen LogP contribution in [0.3, 0.4) is 0 Å². The first kappa shape index (κ1) is 15.3. The molecule has 0 saturated carbocycles. The Balaban J connectivity index is 1.61. The molecule has 2 heterocycles. The standard InChI is InChI=1S/C20H21N3S/c1-2-7-16-15(6-1)14-24-19-10-4-3-8-18(19)17(16)9-5-11-21-20-22-12-13-23-20/h1-4,6-10H,5,11-14H2,(H2,21,22,23)/b17-9-. The Bertz CT molecular complexity index is 745. The van der Waals surface area contributed by atoms with E-state index in [1.807, 2.05) is 11.8 Å². The largest absolute Gasteiger partial charge is 0.356 e. The van der Waals surface area contributed by atoms with E-state index in [1.54, 1.807) is 0 Å². The first-order valence-electron chi connectivity index (χ1n) is 8.44. The van der Waals surface area contributed by atoms with E-state index in [9.17, 15) is 0 Å². The van der Waals surface area contributed by atoms with Gasteiger partial charge >= 0.3 is 0 Å². The van der Waals surface area contributed by atoms with Crippen molar-refractivity contribution in [2.24, 2.45) is 4.99 Å². The molecule has 0 aromatic heterocycles. The fraction of sp³-hybridized carbons (Fsp3) is 0.250. The lowest BCUT2D eigenvalue weighted by Crippen LogP contribution is -2.34. The van der Waals surface area contributed by atoms with E-state index in [0.29, 0.717) is 0 Å². The lowest BCUT2D eigenvalue weighted by molar-refractivity contribution is 0.854. The van der Waals surface area contributed by atoms with Crippen molar-refractivity contribution in [1.82, 2.24) is 10.6 Å². The lowest BCUT2D eigenvalue weighted by atomic mass is 9.93. The third-order valence-corrected chi connectivity index (χ3v) is 5.45. The third-order valence-electron chi connectivity index (χ3n) is 4.33. The van der Waals surface area contributed by atoms with Crippen molar-refractivity contribution in [3.05, 3.63) is 71.3 Å². The maximum absolute atomic E-state index is 4.38. The highest BCUT2D eigenvalue weighted by atomic mass is 32.2. The van der Waals surface area contributed by atoms with Crippen molar-refractivity contribution >= 4 is 23.3 Å². The van der Waals surface area contributed by atoms with Crippen LogP contribution in [0.1, 0.15) is 23.1 Å². The molecule has 0 amide bonds. The fourth-order valence-corrected chi connectivity index (χ4v) is 4.24. The molecule has 2 aliphatic heterocycles. The van der Waals surface area contributed by atoms with E-state index < -0.39 is 0 Å². The van der Waals surface area contributed by atoms with Crippen molar-refractivity contribution in [3.63, 3.8) is 0 Å². The second-order valence-corrected chi connectivity index (χ2v) is 6.95. The molecule has 0 unspecified atom stereocenters. The van der Waals surface area contributed by atoms with E-state index in [0.717, 1.165) is 37.8 Å². The number of nitrogens with one attached hydrogen (secondary N) is 2. The minimum absolute atomic E-state index is 0.876. The monoisotopic (exact) mass is 335 g/mol. The molecule has 0 bridgehead atoms. The molecule has 0 fully saturated rings. The van der Waals surface area contributed by atoms with Gasteiger partial charge < -0.3 is 10.6 Å². The maximum Gasteiger partial charge on any atom is 0.191 e. The highest BCUT2D eigenvalue weighted by Crippen LogP contribution is 2.39. The second kappa shape index (κ2) is 7.14. The van der Waals surface area contributed by atoms with Gasteiger partial charge in [-0.3, -0.25) is 4.99 Å². The average molecular weight is 335 g/mol. The van der Waals surface area contributed by atoms with Gasteiger partial charge in [-0.15, -0.1) is 11.8 Å². The Kier molecular flexibility index (Phi) is 4.56. The Morgan fingerprint density at radius 2 is 1.92 bits per heavy atom. The summed E-state index contributed by atoms with van der Waals surface area (Å²) in [6.45, 7) is 2.72.